The fraction of sp³-hybridized carbons (Fsp3) is 0.840. The third kappa shape index (κ3) is 5.37. The number of aliphatic hydroxyl groups is 1. The topological polar surface area (TPSA) is 20.2 Å². The van der Waals surface area contributed by atoms with Crippen molar-refractivity contribution in [2.45, 2.75) is 96.5 Å². The van der Waals surface area contributed by atoms with Crippen LogP contribution in [0.3, 0.4) is 0 Å². The third-order valence-electron chi connectivity index (χ3n) is 8.58. The van der Waals surface area contributed by atoms with Gasteiger partial charge in [-0.25, -0.2) is 0 Å². The Kier molecular flexibility index (Phi) is 8.68. The minimum atomic E-state index is -0.0478. The Bertz CT molecular complexity index is 512. The maximum Gasteiger partial charge on any atom is 0.0608 e. The monoisotopic (exact) mass is 445 g/mol. The predicted molar refractivity (Wildman–Crippen MR) is 110 cm³/mol. The van der Waals surface area contributed by atoms with E-state index in [1.54, 1.807) is 5.57 Å². The summed E-state index contributed by atoms with van der Waals surface area (Å²) in [6, 6.07) is 0. The van der Waals surface area contributed by atoms with Crippen molar-refractivity contribution >= 4 is 0 Å². The molecule has 4 rings (SSSR count). The van der Waals surface area contributed by atoms with E-state index in [0.717, 1.165) is 36.0 Å². The molecule has 0 aliphatic heterocycles. The van der Waals surface area contributed by atoms with Crippen LogP contribution in [-0.2, 0) is 32.7 Å². The molecule has 0 amide bonds. The Morgan fingerprint density at radius 3 is 2.11 bits per heavy atom. The van der Waals surface area contributed by atoms with Gasteiger partial charge in [0.15, 0.2) is 0 Å². The summed E-state index contributed by atoms with van der Waals surface area (Å²) in [6.07, 6.45) is 24.9. The molecule has 4 unspecified atom stereocenters. The fourth-order valence-electron chi connectivity index (χ4n) is 6.67. The van der Waals surface area contributed by atoms with Gasteiger partial charge in [-0.2, -0.15) is 0 Å². The van der Waals surface area contributed by atoms with Gasteiger partial charge in [-0.1, -0.05) is 43.1 Å². The Morgan fingerprint density at radius 1 is 0.852 bits per heavy atom. The van der Waals surface area contributed by atoms with Crippen LogP contribution in [0.4, 0.5) is 0 Å². The van der Waals surface area contributed by atoms with Crippen molar-refractivity contribution in [3.05, 3.63) is 23.8 Å². The molecule has 4 atom stereocenters. The van der Waals surface area contributed by atoms with Crippen LogP contribution in [0.1, 0.15) is 90.4 Å². The molecule has 0 aromatic rings. The van der Waals surface area contributed by atoms with E-state index in [2.05, 4.69) is 25.2 Å². The van der Waals surface area contributed by atoms with Crippen LogP contribution in [0.2, 0.25) is 0 Å². The number of rotatable bonds is 4. The molecule has 0 heterocycles. The zero-order chi connectivity index (χ0) is 17.9. The second kappa shape index (κ2) is 10.5. The first-order chi connectivity index (χ1) is 12.7. The molecule has 1 N–H and O–H groups in total. The molecule has 0 aromatic heterocycles. The van der Waals surface area contributed by atoms with Gasteiger partial charge in [0.1, 0.15) is 0 Å². The van der Waals surface area contributed by atoms with E-state index >= 15 is 0 Å². The van der Waals surface area contributed by atoms with E-state index in [1.807, 2.05) is 0 Å². The molecule has 3 fully saturated rings. The first-order valence-corrected chi connectivity index (χ1v) is 11.7. The van der Waals surface area contributed by atoms with Gasteiger partial charge in [0.05, 0.1) is 6.10 Å². The Balaban J connectivity index is 0.00000210. The van der Waals surface area contributed by atoms with Gasteiger partial charge in [-0.15, -0.1) is 0 Å². The minimum absolute atomic E-state index is 0. The molecule has 0 bridgehead atoms. The number of hydrogen-bond acceptors (Lipinski definition) is 1. The first kappa shape index (κ1) is 22.2. The van der Waals surface area contributed by atoms with Crippen molar-refractivity contribution in [2.75, 3.05) is 0 Å². The SMILES string of the molecule is C/C=C/C1CCC(C2CC=C(C3CCC(C4CCC4)CC3O)CC2)CC1.[Y]. The molecule has 0 aromatic carbocycles. The van der Waals surface area contributed by atoms with Crippen LogP contribution >= 0.6 is 0 Å². The summed E-state index contributed by atoms with van der Waals surface area (Å²) in [6.45, 7) is 2.16. The van der Waals surface area contributed by atoms with Crippen LogP contribution in [0.5, 0.6) is 0 Å². The molecule has 0 spiro atoms. The molecule has 1 nitrogen and oxygen atoms in total. The Labute approximate surface area is 192 Å². The van der Waals surface area contributed by atoms with Gasteiger partial charge in [0, 0.05) is 38.6 Å². The molecule has 1 radical (unpaired) electrons. The second-order valence-corrected chi connectivity index (χ2v) is 9.95. The van der Waals surface area contributed by atoms with Crippen molar-refractivity contribution in [3.8, 4) is 0 Å². The summed E-state index contributed by atoms with van der Waals surface area (Å²) in [5.74, 6) is 5.03. The average molecular weight is 446 g/mol. The van der Waals surface area contributed by atoms with Crippen molar-refractivity contribution in [2.24, 2.45) is 35.5 Å². The number of aliphatic hydroxyl groups excluding tert-OH is 1. The molecular weight excluding hydrogens is 405 g/mol. The van der Waals surface area contributed by atoms with Gasteiger partial charge >= 0.3 is 0 Å². The quantitative estimate of drug-likeness (QED) is 0.479. The molecule has 27 heavy (non-hydrogen) atoms. The normalized spacial score (nSPS) is 40.9. The minimum Gasteiger partial charge on any atom is -0.392 e. The third-order valence-corrected chi connectivity index (χ3v) is 8.58. The van der Waals surface area contributed by atoms with Gasteiger partial charge in [0.2, 0.25) is 0 Å². The van der Waals surface area contributed by atoms with Crippen LogP contribution in [0.15, 0.2) is 23.8 Å². The standard InChI is InChI=1S/C25H40O.Y/c1-2-4-18-7-9-20(10-8-18)21-11-13-22(14-12-21)24-16-15-23(17-25(24)26)19-5-3-6-19;/h2,4,13,18-21,23-26H,3,5-12,14-17H2,1H3;/b4-2+;. The molecule has 0 saturated heterocycles. The van der Waals surface area contributed by atoms with Crippen molar-refractivity contribution in [1.82, 2.24) is 0 Å². The predicted octanol–water partition coefficient (Wildman–Crippen LogP) is 6.67. The maximum atomic E-state index is 10.8. The zero-order valence-corrected chi connectivity index (χ0v) is 20.3. The van der Waals surface area contributed by atoms with E-state index in [-0.39, 0.29) is 38.8 Å². The van der Waals surface area contributed by atoms with E-state index in [4.69, 9.17) is 0 Å². The van der Waals surface area contributed by atoms with Gasteiger partial charge in [0.25, 0.3) is 0 Å². The summed E-state index contributed by atoms with van der Waals surface area (Å²) >= 11 is 0. The van der Waals surface area contributed by atoms with Gasteiger partial charge < -0.3 is 5.11 Å². The van der Waals surface area contributed by atoms with Crippen LogP contribution < -0.4 is 0 Å². The molecule has 4 aliphatic carbocycles. The Hall–Kier alpha value is 0.544. The Morgan fingerprint density at radius 2 is 1.56 bits per heavy atom. The van der Waals surface area contributed by atoms with Crippen LogP contribution in [0, 0.1) is 35.5 Å². The molecule has 3 saturated carbocycles. The summed E-state index contributed by atoms with van der Waals surface area (Å²) in [5.41, 5.74) is 1.63. The van der Waals surface area contributed by atoms with E-state index in [0.29, 0.717) is 5.92 Å². The molecule has 4 aliphatic rings. The smallest absolute Gasteiger partial charge is 0.0608 e. The largest absolute Gasteiger partial charge is 0.392 e. The molecule has 2 heteroatoms. The van der Waals surface area contributed by atoms with Crippen LogP contribution in [0.25, 0.3) is 0 Å². The van der Waals surface area contributed by atoms with Crippen molar-refractivity contribution < 1.29 is 37.8 Å². The summed E-state index contributed by atoms with van der Waals surface area (Å²) in [5, 5.41) is 10.8. The molecule has 149 valence electrons. The zero-order valence-electron chi connectivity index (χ0n) is 17.5. The summed E-state index contributed by atoms with van der Waals surface area (Å²) < 4.78 is 0. The van der Waals surface area contributed by atoms with Crippen LogP contribution in [-0.4, -0.2) is 11.2 Å². The van der Waals surface area contributed by atoms with E-state index < -0.39 is 0 Å². The fourth-order valence-corrected chi connectivity index (χ4v) is 6.67. The molecular formula is C25H40OY. The number of hydrogen-bond donors (Lipinski definition) is 1. The number of allylic oxidation sites excluding steroid dienone is 3. The second-order valence-electron chi connectivity index (χ2n) is 9.95. The average Bonchev–Trinajstić information content (AvgIpc) is 2.62. The van der Waals surface area contributed by atoms with Crippen molar-refractivity contribution in [1.29, 1.82) is 0 Å². The summed E-state index contributed by atoms with van der Waals surface area (Å²) in [7, 11) is 0. The maximum absolute atomic E-state index is 10.8. The van der Waals surface area contributed by atoms with Gasteiger partial charge in [-0.3, -0.25) is 0 Å². The van der Waals surface area contributed by atoms with Crippen molar-refractivity contribution in [3.63, 3.8) is 0 Å². The van der Waals surface area contributed by atoms with E-state index in [9.17, 15) is 5.11 Å². The van der Waals surface area contributed by atoms with E-state index in [1.165, 1.54) is 77.0 Å². The first-order valence-electron chi connectivity index (χ1n) is 11.7. The van der Waals surface area contributed by atoms with Gasteiger partial charge in [-0.05, 0) is 101 Å². The summed E-state index contributed by atoms with van der Waals surface area (Å²) in [4.78, 5) is 0.